The molecule has 1 aliphatic rings. The molecule has 1 aliphatic carbocycles. The zero-order chi connectivity index (χ0) is 13.1. The number of nitrogens with zero attached hydrogens (tertiary/aromatic N) is 1. The molecule has 1 aromatic rings. The Balaban J connectivity index is 1.85. The number of Topliss-reactive ketones (excluding diaryl/α,β-unsaturated/α-hetero) is 1. The average molecular weight is 312 g/mol. The molecule has 0 bridgehead atoms. The lowest BCUT2D eigenvalue weighted by Gasteiger charge is -2.34. The lowest BCUT2D eigenvalue weighted by atomic mass is 9.82. The van der Waals surface area contributed by atoms with E-state index >= 15 is 0 Å². The highest BCUT2D eigenvalue weighted by atomic mass is 79.9. The third-order valence-corrected chi connectivity index (χ3v) is 4.06. The number of carbonyl (C=O) groups excluding carboxylic acids is 1. The van der Waals surface area contributed by atoms with Crippen molar-refractivity contribution in [2.75, 3.05) is 20.1 Å². The van der Waals surface area contributed by atoms with Gasteiger partial charge in [0.05, 0.1) is 12.6 Å². The highest BCUT2D eigenvalue weighted by molar-refractivity contribution is 9.10. The van der Waals surface area contributed by atoms with Crippen molar-refractivity contribution in [3.8, 4) is 0 Å². The third-order valence-electron chi connectivity index (χ3n) is 3.37. The summed E-state index contributed by atoms with van der Waals surface area (Å²) in [4.78, 5) is 14.1. The van der Waals surface area contributed by atoms with Gasteiger partial charge in [0.1, 0.15) is 0 Å². The fraction of sp³-hybridized carbons (Fsp3) is 0.500. The predicted octanol–water partition coefficient (Wildman–Crippen LogP) is 2.33. The Labute approximate surface area is 116 Å². The van der Waals surface area contributed by atoms with E-state index in [1.807, 2.05) is 36.2 Å². The molecule has 2 rings (SSSR count). The number of aliphatic hydroxyl groups is 1. The lowest BCUT2D eigenvalue weighted by Crippen LogP contribution is -2.38. The van der Waals surface area contributed by atoms with Gasteiger partial charge < -0.3 is 5.11 Å². The number of ketones is 1. The Morgan fingerprint density at radius 1 is 1.44 bits per heavy atom. The van der Waals surface area contributed by atoms with Crippen molar-refractivity contribution in [2.45, 2.75) is 18.9 Å². The number of likely N-dealkylation sites (N-methyl/N-ethyl adjacent to an activating group) is 1. The van der Waals surface area contributed by atoms with Gasteiger partial charge in [-0.3, -0.25) is 9.69 Å². The molecule has 1 fully saturated rings. The summed E-state index contributed by atoms with van der Waals surface area (Å²) >= 11 is 3.40. The van der Waals surface area contributed by atoms with Crippen molar-refractivity contribution in [3.63, 3.8) is 0 Å². The van der Waals surface area contributed by atoms with E-state index in [1.165, 1.54) is 0 Å². The molecule has 0 heterocycles. The van der Waals surface area contributed by atoms with E-state index in [0.717, 1.165) is 29.4 Å². The summed E-state index contributed by atoms with van der Waals surface area (Å²) in [5.41, 5.74) is 0.734. The van der Waals surface area contributed by atoms with Crippen LogP contribution in [0, 0.1) is 5.92 Å². The molecule has 0 aromatic heterocycles. The number of halogens is 1. The van der Waals surface area contributed by atoms with Gasteiger partial charge in [0.15, 0.2) is 5.78 Å². The largest absolute Gasteiger partial charge is 0.393 e. The maximum Gasteiger partial charge on any atom is 0.177 e. The van der Waals surface area contributed by atoms with Crippen LogP contribution in [0.2, 0.25) is 0 Å². The molecule has 1 saturated carbocycles. The summed E-state index contributed by atoms with van der Waals surface area (Å²) in [5.74, 6) is 0.668. The van der Waals surface area contributed by atoms with Gasteiger partial charge in [0.2, 0.25) is 0 Å². The molecule has 1 N–H and O–H groups in total. The van der Waals surface area contributed by atoms with Crippen LogP contribution in [-0.2, 0) is 0 Å². The fourth-order valence-electron chi connectivity index (χ4n) is 2.37. The molecule has 0 atom stereocenters. The molecule has 0 aliphatic heterocycles. The number of aliphatic hydroxyl groups excluding tert-OH is 1. The molecular weight excluding hydrogens is 294 g/mol. The summed E-state index contributed by atoms with van der Waals surface area (Å²) in [6.45, 7) is 1.31. The van der Waals surface area contributed by atoms with E-state index in [9.17, 15) is 9.90 Å². The molecule has 98 valence electrons. The van der Waals surface area contributed by atoms with Crippen LogP contribution in [0.5, 0.6) is 0 Å². The van der Waals surface area contributed by atoms with E-state index in [0.29, 0.717) is 12.5 Å². The lowest BCUT2D eigenvalue weighted by molar-refractivity contribution is 0.0286. The van der Waals surface area contributed by atoms with E-state index in [-0.39, 0.29) is 11.9 Å². The fourth-order valence-corrected chi connectivity index (χ4v) is 2.88. The van der Waals surface area contributed by atoms with Crippen LogP contribution >= 0.6 is 15.9 Å². The second-order valence-corrected chi connectivity index (χ2v) is 5.95. The van der Waals surface area contributed by atoms with Crippen molar-refractivity contribution < 1.29 is 9.90 Å². The average Bonchev–Trinajstić information content (AvgIpc) is 2.27. The normalized spacial score (nSPS) is 22.9. The van der Waals surface area contributed by atoms with Crippen molar-refractivity contribution in [1.82, 2.24) is 4.90 Å². The number of rotatable bonds is 5. The topological polar surface area (TPSA) is 40.5 Å². The molecule has 1 aromatic carbocycles. The SMILES string of the molecule is CN(CC(=O)c1ccccc1Br)CC1CC(O)C1. The zero-order valence-corrected chi connectivity index (χ0v) is 12.1. The first-order valence-corrected chi connectivity index (χ1v) is 7.00. The molecular formula is C14H18BrNO2. The summed E-state index contributed by atoms with van der Waals surface area (Å²) < 4.78 is 0.850. The van der Waals surface area contributed by atoms with Gasteiger partial charge in [-0.25, -0.2) is 0 Å². The zero-order valence-electron chi connectivity index (χ0n) is 10.5. The highest BCUT2D eigenvalue weighted by Gasteiger charge is 2.28. The molecule has 0 amide bonds. The number of benzene rings is 1. The first-order chi connectivity index (χ1) is 8.56. The second-order valence-electron chi connectivity index (χ2n) is 5.09. The Bertz CT molecular complexity index is 430. The Hall–Kier alpha value is -0.710. The van der Waals surface area contributed by atoms with Crippen LogP contribution in [0.4, 0.5) is 0 Å². The number of hydrogen-bond acceptors (Lipinski definition) is 3. The van der Waals surface area contributed by atoms with Crippen LogP contribution in [-0.4, -0.2) is 42.0 Å². The van der Waals surface area contributed by atoms with E-state index < -0.39 is 0 Å². The monoisotopic (exact) mass is 311 g/mol. The van der Waals surface area contributed by atoms with E-state index in [1.54, 1.807) is 0 Å². The van der Waals surface area contributed by atoms with Gasteiger partial charge in [0.25, 0.3) is 0 Å². The Morgan fingerprint density at radius 3 is 2.72 bits per heavy atom. The summed E-state index contributed by atoms with van der Waals surface area (Å²) in [7, 11) is 1.96. The quantitative estimate of drug-likeness (QED) is 0.849. The first kappa shape index (κ1) is 13.7. The van der Waals surface area contributed by atoms with E-state index in [2.05, 4.69) is 15.9 Å². The smallest absolute Gasteiger partial charge is 0.177 e. The van der Waals surface area contributed by atoms with Crippen LogP contribution < -0.4 is 0 Å². The predicted molar refractivity (Wildman–Crippen MR) is 74.7 cm³/mol. The van der Waals surface area contributed by atoms with Crippen molar-refractivity contribution in [1.29, 1.82) is 0 Å². The van der Waals surface area contributed by atoms with Gasteiger partial charge in [-0.15, -0.1) is 0 Å². The summed E-state index contributed by atoms with van der Waals surface area (Å²) in [6, 6.07) is 7.50. The minimum Gasteiger partial charge on any atom is -0.393 e. The molecule has 18 heavy (non-hydrogen) atoms. The van der Waals surface area contributed by atoms with Crippen LogP contribution in [0.3, 0.4) is 0 Å². The number of carbonyl (C=O) groups is 1. The van der Waals surface area contributed by atoms with Gasteiger partial charge in [-0.2, -0.15) is 0 Å². The van der Waals surface area contributed by atoms with Gasteiger partial charge in [0, 0.05) is 16.6 Å². The minimum absolute atomic E-state index is 0.123. The molecule has 0 spiro atoms. The Morgan fingerprint density at radius 2 is 2.11 bits per heavy atom. The van der Waals surface area contributed by atoms with Crippen molar-refractivity contribution in [2.24, 2.45) is 5.92 Å². The molecule has 0 saturated heterocycles. The van der Waals surface area contributed by atoms with E-state index in [4.69, 9.17) is 0 Å². The maximum absolute atomic E-state index is 12.1. The van der Waals surface area contributed by atoms with Gasteiger partial charge >= 0.3 is 0 Å². The third kappa shape index (κ3) is 3.40. The highest BCUT2D eigenvalue weighted by Crippen LogP contribution is 2.27. The van der Waals surface area contributed by atoms with Crippen molar-refractivity contribution in [3.05, 3.63) is 34.3 Å². The standard InChI is InChI=1S/C14H18BrNO2/c1-16(8-10-6-11(17)7-10)9-14(18)12-4-2-3-5-13(12)15/h2-5,10-11,17H,6-9H2,1H3. The summed E-state index contributed by atoms with van der Waals surface area (Å²) in [5, 5.41) is 9.24. The first-order valence-electron chi connectivity index (χ1n) is 6.20. The molecule has 0 radical (unpaired) electrons. The molecule has 4 heteroatoms. The molecule has 3 nitrogen and oxygen atoms in total. The van der Waals surface area contributed by atoms with Crippen LogP contribution in [0.25, 0.3) is 0 Å². The van der Waals surface area contributed by atoms with Crippen LogP contribution in [0.15, 0.2) is 28.7 Å². The van der Waals surface area contributed by atoms with Crippen molar-refractivity contribution >= 4 is 21.7 Å². The Kier molecular flexibility index (Phi) is 4.54. The maximum atomic E-state index is 12.1. The van der Waals surface area contributed by atoms with Crippen LogP contribution in [0.1, 0.15) is 23.2 Å². The van der Waals surface area contributed by atoms with Gasteiger partial charge in [-0.05, 0) is 31.9 Å². The van der Waals surface area contributed by atoms with Gasteiger partial charge in [-0.1, -0.05) is 34.1 Å². The summed E-state index contributed by atoms with van der Waals surface area (Å²) in [6.07, 6.45) is 1.61. The number of hydrogen-bond donors (Lipinski definition) is 1. The minimum atomic E-state index is -0.123. The molecule has 0 unspecified atom stereocenters. The second kappa shape index (κ2) is 5.95.